The summed E-state index contributed by atoms with van der Waals surface area (Å²) in [5.74, 6) is -3.50. The third-order valence-electron chi connectivity index (χ3n) is 4.69. The molecule has 0 heterocycles. The van der Waals surface area contributed by atoms with Crippen molar-refractivity contribution in [3.8, 4) is 6.07 Å². The van der Waals surface area contributed by atoms with Crippen LogP contribution in [-0.4, -0.2) is 0 Å². The lowest BCUT2D eigenvalue weighted by atomic mass is 9.78. The monoisotopic (exact) mass is 333 g/mol. The Kier molecular flexibility index (Phi) is 4.31. The lowest BCUT2D eigenvalue weighted by Gasteiger charge is -2.26. The number of rotatable bonds is 2. The predicted octanol–water partition coefficient (Wildman–Crippen LogP) is 4.95. The number of hydrogen-bond donors (Lipinski definition) is 0. The van der Waals surface area contributed by atoms with Crippen LogP contribution < -0.4 is 0 Å². The first-order valence-electron chi connectivity index (χ1n) is 7.83. The van der Waals surface area contributed by atoms with E-state index in [1.165, 1.54) is 18.2 Å². The van der Waals surface area contributed by atoms with Crippen LogP contribution in [0.5, 0.6) is 0 Å². The van der Waals surface area contributed by atoms with E-state index in [4.69, 9.17) is 5.26 Å². The van der Waals surface area contributed by atoms with Gasteiger partial charge in [-0.25, -0.2) is 17.6 Å². The van der Waals surface area contributed by atoms with Gasteiger partial charge in [-0.05, 0) is 66.5 Å². The van der Waals surface area contributed by atoms with Crippen LogP contribution in [0, 0.1) is 34.6 Å². The van der Waals surface area contributed by atoms with Gasteiger partial charge in [0, 0.05) is 5.56 Å². The quantitative estimate of drug-likeness (QED) is 0.714. The van der Waals surface area contributed by atoms with Crippen LogP contribution in [0.15, 0.2) is 18.2 Å². The Morgan fingerprint density at radius 2 is 1.75 bits per heavy atom. The third-order valence-corrected chi connectivity index (χ3v) is 4.69. The molecule has 1 nitrogen and oxygen atoms in total. The molecule has 1 unspecified atom stereocenters. The predicted molar refractivity (Wildman–Crippen MR) is 81.6 cm³/mol. The standard InChI is InChI=1S/C19H15F4N/c1-2-10-5-16(21)18(17(22)6-10)11-3-4-13-12(7-11)8-15(20)14(9-24)19(13)23/h5-6,8,11H,2-4,7H2,1H3. The molecule has 0 fully saturated rings. The van der Waals surface area contributed by atoms with Crippen molar-refractivity contribution >= 4 is 0 Å². The van der Waals surface area contributed by atoms with Gasteiger partial charge in [0.25, 0.3) is 0 Å². The summed E-state index contributed by atoms with van der Waals surface area (Å²) in [6.45, 7) is 1.81. The maximum atomic E-state index is 14.3. The molecule has 0 spiro atoms. The molecular weight excluding hydrogens is 318 g/mol. The van der Waals surface area contributed by atoms with Gasteiger partial charge in [-0.1, -0.05) is 6.92 Å². The molecule has 0 saturated heterocycles. The summed E-state index contributed by atoms with van der Waals surface area (Å²) < 4.78 is 56.6. The fourth-order valence-corrected chi connectivity index (χ4v) is 3.43. The summed E-state index contributed by atoms with van der Waals surface area (Å²) in [5, 5.41) is 8.82. The van der Waals surface area contributed by atoms with Crippen molar-refractivity contribution in [1.82, 2.24) is 0 Å². The summed E-state index contributed by atoms with van der Waals surface area (Å²) in [6, 6.07) is 5.25. The molecular formula is C19H15F4N. The molecule has 0 amide bonds. The molecule has 1 aliphatic carbocycles. The average Bonchev–Trinajstić information content (AvgIpc) is 2.54. The number of nitrogens with zero attached hydrogens (tertiary/aromatic N) is 1. The number of fused-ring (bicyclic) bond motifs is 1. The molecule has 2 aromatic carbocycles. The average molecular weight is 333 g/mol. The lowest BCUT2D eigenvalue weighted by molar-refractivity contribution is 0.476. The Bertz CT molecular complexity index is 828. The highest BCUT2D eigenvalue weighted by molar-refractivity contribution is 5.44. The van der Waals surface area contributed by atoms with Crippen molar-refractivity contribution < 1.29 is 17.6 Å². The van der Waals surface area contributed by atoms with E-state index in [-0.39, 0.29) is 24.0 Å². The van der Waals surface area contributed by atoms with Crippen molar-refractivity contribution in [1.29, 1.82) is 5.26 Å². The summed E-state index contributed by atoms with van der Waals surface area (Å²) in [7, 11) is 0. The van der Waals surface area contributed by atoms with Crippen LogP contribution >= 0.6 is 0 Å². The number of hydrogen-bond acceptors (Lipinski definition) is 1. The van der Waals surface area contributed by atoms with E-state index in [1.807, 2.05) is 6.92 Å². The van der Waals surface area contributed by atoms with Crippen LogP contribution in [-0.2, 0) is 19.3 Å². The highest BCUT2D eigenvalue weighted by Gasteiger charge is 2.29. The molecule has 0 N–H and O–H groups in total. The molecule has 3 rings (SSSR count). The van der Waals surface area contributed by atoms with Gasteiger partial charge in [-0.2, -0.15) is 5.26 Å². The van der Waals surface area contributed by atoms with Crippen molar-refractivity contribution in [2.24, 2.45) is 0 Å². The van der Waals surface area contributed by atoms with Crippen molar-refractivity contribution in [2.45, 2.75) is 38.5 Å². The van der Waals surface area contributed by atoms with Crippen LogP contribution in [0.25, 0.3) is 0 Å². The van der Waals surface area contributed by atoms with Crippen LogP contribution in [0.2, 0.25) is 0 Å². The molecule has 5 heteroatoms. The molecule has 1 aliphatic rings. The lowest BCUT2D eigenvalue weighted by Crippen LogP contribution is -2.18. The first-order valence-corrected chi connectivity index (χ1v) is 7.83. The molecule has 0 bridgehead atoms. The number of nitriles is 1. The molecule has 0 aliphatic heterocycles. The maximum Gasteiger partial charge on any atom is 0.147 e. The van der Waals surface area contributed by atoms with E-state index in [2.05, 4.69) is 0 Å². The number of aryl methyl sites for hydroxylation is 1. The Hall–Kier alpha value is -2.35. The second-order valence-electron chi connectivity index (χ2n) is 6.06. The van der Waals surface area contributed by atoms with Gasteiger partial charge >= 0.3 is 0 Å². The topological polar surface area (TPSA) is 23.8 Å². The van der Waals surface area contributed by atoms with Crippen molar-refractivity contribution in [3.05, 3.63) is 69.3 Å². The Labute approximate surface area is 137 Å². The smallest absolute Gasteiger partial charge is 0.147 e. The van der Waals surface area contributed by atoms with Crippen molar-refractivity contribution in [3.63, 3.8) is 0 Å². The molecule has 2 aromatic rings. The highest BCUT2D eigenvalue weighted by atomic mass is 19.1. The molecule has 124 valence electrons. The summed E-state index contributed by atoms with van der Waals surface area (Å²) in [5.41, 5.74) is 0.592. The fraction of sp³-hybridized carbons (Fsp3) is 0.316. The van der Waals surface area contributed by atoms with Gasteiger partial charge in [0.15, 0.2) is 0 Å². The molecule has 24 heavy (non-hydrogen) atoms. The number of halogens is 4. The number of benzene rings is 2. The fourth-order valence-electron chi connectivity index (χ4n) is 3.43. The van der Waals surface area contributed by atoms with Gasteiger partial charge in [0.1, 0.15) is 34.9 Å². The van der Waals surface area contributed by atoms with E-state index in [0.717, 1.165) is 6.07 Å². The zero-order valence-corrected chi connectivity index (χ0v) is 13.1. The third kappa shape index (κ3) is 2.66. The normalized spacial score (nSPS) is 16.6. The second kappa shape index (κ2) is 6.27. The van der Waals surface area contributed by atoms with E-state index in [1.54, 1.807) is 0 Å². The Morgan fingerprint density at radius 1 is 1.08 bits per heavy atom. The van der Waals surface area contributed by atoms with Crippen molar-refractivity contribution in [2.75, 3.05) is 0 Å². The second-order valence-corrected chi connectivity index (χ2v) is 6.06. The first kappa shape index (κ1) is 16.5. The van der Waals surface area contributed by atoms with Gasteiger partial charge < -0.3 is 0 Å². The Balaban J connectivity index is 2.01. The van der Waals surface area contributed by atoms with Crippen LogP contribution in [0.3, 0.4) is 0 Å². The minimum atomic E-state index is -0.934. The molecule has 1 atom stereocenters. The van der Waals surface area contributed by atoms with Gasteiger partial charge in [0.2, 0.25) is 0 Å². The highest BCUT2D eigenvalue weighted by Crippen LogP contribution is 2.37. The van der Waals surface area contributed by atoms with Crippen LogP contribution in [0.4, 0.5) is 17.6 Å². The maximum absolute atomic E-state index is 14.3. The largest absolute Gasteiger partial charge is 0.207 e. The van der Waals surface area contributed by atoms with Gasteiger partial charge in [0.05, 0.1) is 0 Å². The minimum absolute atomic E-state index is 0.0250. The summed E-state index contributed by atoms with van der Waals surface area (Å²) in [4.78, 5) is 0. The van der Waals surface area contributed by atoms with Gasteiger partial charge in [-0.3, -0.25) is 0 Å². The first-order chi connectivity index (χ1) is 11.5. The molecule has 0 radical (unpaired) electrons. The minimum Gasteiger partial charge on any atom is -0.207 e. The van der Waals surface area contributed by atoms with Crippen LogP contribution in [0.1, 0.15) is 47.1 Å². The SMILES string of the molecule is CCc1cc(F)c(C2CCc3c(cc(F)c(C#N)c3F)C2)c(F)c1. The Morgan fingerprint density at radius 3 is 2.33 bits per heavy atom. The molecule has 0 saturated carbocycles. The van der Waals surface area contributed by atoms with E-state index >= 15 is 0 Å². The molecule has 0 aromatic heterocycles. The summed E-state index contributed by atoms with van der Waals surface area (Å²) in [6.07, 6.45) is 1.23. The zero-order valence-electron chi connectivity index (χ0n) is 13.1. The van der Waals surface area contributed by atoms with E-state index in [9.17, 15) is 17.6 Å². The van der Waals surface area contributed by atoms with E-state index in [0.29, 0.717) is 24.0 Å². The van der Waals surface area contributed by atoms with E-state index < -0.39 is 34.8 Å². The summed E-state index contributed by atoms with van der Waals surface area (Å²) >= 11 is 0. The van der Waals surface area contributed by atoms with Gasteiger partial charge in [-0.15, -0.1) is 0 Å². The zero-order chi connectivity index (χ0) is 17.4.